The van der Waals surface area contributed by atoms with Crippen LogP contribution in [-0.2, 0) is 4.75 Å². The summed E-state index contributed by atoms with van der Waals surface area (Å²) in [5.74, 6) is 0. The summed E-state index contributed by atoms with van der Waals surface area (Å²) in [5.41, 5.74) is 5.67. The van der Waals surface area contributed by atoms with Gasteiger partial charge in [0.05, 0.1) is 4.75 Å². The van der Waals surface area contributed by atoms with Crippen LogP contribution < -0.4 is 0 Å². The third-order valence-corrected chi connectivity index (χ3v) is 6.72. The summed E-state index contributed by atoms with van der Waals surface area (Å²) in [5, 5.41) is 0. The first-order valence-electron chi connectivity index (χ1n) is 5.26. The Morgan fingerprint density at radius 1 is 0.875 bits per heavy atom. The van der Waals surface area contributed by atoms with E-state index in [0.29, 0.717) is 0 Å². The summed E-state index contributed by atoms with van der Waals surface area (Å²) in [6, 6.07) is 17.5. The summed E-state index contributed by atoms with van der Waals surface area (Å²) in [7, 11) is 1.89. The lowest BCUT2D eigenvalue weighted by molar-refractivity contribution is 0.877. The van der Waals surface area contributed by atoms with Gasteiger partial charge < -0.3 is 0 Å². The maximum Gasteiger partial charge on any atom is 0.0741 e. The summed E-state index contributed by atoms with van der Waals surface area (Å²) >= 11 is 2.42. The maximum atomic E-state index is 2.42. The Kier molecular flexibility index (Phi) is 2.51. The molecule has 16 heavy (non-hydrogen) atoms. The zero-order valence-electron chi connectivity index (χ0n) is 8.91. The maximum absolute atomic E-state index is 2.42. The fourth-order valence-corrected chi connectivity index (χ4v) is 4.44. The molecule has 2 aromatic carbocycles. The Morgan fingerprint density at radius 3 is 1.75 bits per heavy atom. The van der Waals surface area contributed by atoms with E-state index in [1.807, 2.05) is 8.93 Å². The molecule has 0 radical (unpaired) electrons. The molecular weight excluding hydrogens is 327 g/mol. The highest BCUT2D eigenvalue weighted by atomic mass is 127. The first-order chi connectivity index (χ1) is 7.77. The predicted octanol–water partition coefficient (Wildman–Crippen LogP) is 5.01. The quantitative estimate of drug-likeness (QED) is 0.659. The van der Waals surface area contributed by atoms with Gasteiger partial charge in [0.2, 0.25) is 0 Å². The van der Waals surface area contributed by atoms with Crippen molar-refractivity contribution in [2.45, 2.75) is 11.7 Å². The minimum absolute atomic E-state index is 0.105. The van der Waals surface area contributed by atoms with Gasteiger partial charge in [0, 0.05) is 0 Å². The smallest absolute Gasteiger partial charge is 0.0731 e. The highest BCUT2D eigenvalue weighted by molar-refractivity contribution is 14.2. The molecule has 80 valence electrons. The van der Waals surface area contributed by atoms with Crippen LogP contribution in [0.5, 0.6) is 0 Å². The van der Waals surface area contributed by atoms with Gasteiger partial charge in [-0.1, -0.05) is 57.5 Å². The van der Waals surface area contributed by atoms with Crippen LogP contribution in [0.1, 0.15) is 18.1 Å². The van der Waals surface area contributed by atoms with Crippen molar-refractivity contribution in [3.63, 3.8) is 0 Å². The Labute approximate surface area is 112 Å². The lowest BCUT2D eigenvalue weighted by atomic mass is 9.98. The molecule has 0 unspecified atom stereocenters. The van der Waals surface area contributed by atoms with Gasteiger partial charge in [-0.05, 0) is 50.4 Å². The molecule has 0 saturated carbocycles. The largest absolute Gasteiger partial charge is 0.0741 e. The fraction of sp³-hybridized carbons (Fsp3) is 0.143. The molecule has 0 fully saturated rings. The standard InChI is InChI=1S/C14H11IS/c1-14(16-15)12-8-4-2-6-10(12)11-7-3-5-9-13(11)14/h2-9H,1H3. The number of fused-ring (bicyclic) bond motifs is 3. The fourth-order valence-electron chi connectivity index (χ4n) is 2.50. The van der Waals surface area contributed by atoms with Crippen LogP contribution >= 0.6 is 30.1 Å². The van der Waals surface area contributed by atoms with E-state index in [-0.39, 0.29) is 4.75 Å². The Balaban J connectivity index is 2.39. The third kappa shape index (κ3) is 1.29. The third-order valence-electron chi connectivity index (χ3n) is 3.33. The Hall–Kier alpha value is -0.480. The minimum Gasteiger partial charge on any atom is -0.0731 e. The van der Waals surface area contributed by atoms with Crippen molar-refractivity contribution in [2.24, 2.45) is 0 Å². The van der Waals surface area contributed by atoms with E-state index in [1.54, 1.807) is 0 Å². The molecule has 0 bridgehead atoms. The van der Waals surface area contributed by atoms with E-state index in [2.05, 4.69) is 76.7 Å². The van der Waals surface area contributed by atoms with Gasteiger partial charge in [-0.2, -0.15) is 0 Å². The SMILES string of the molecule is CC1(SI)c2ccccc2-c2ccccc21. The summed E-state index contributed by atoms with van der Waals surface area (Å²) in [4.78, 5) is 0. The second-order valence-corrected chi connectivity index (χ2v) is 6.49. The molecule has 0 atom stereocenters. The van der Waals surface area contributed by atoms with E-state index < -0.39 is 0 Å². The molecule has 0 N–H and O–H groups in total. The van der Waals surface area contributed by atoms with Crippen LogP contribution in [0.15, 0.2) is 48.5 Å². The van der Waals surface area contributed by atoms with Gasteiger partial charge in [0.1, 0.15) is 0 Å². The van der Waals surface area contributed by atoms with Gasteiger partial charge >= 0.3 is 0 Å². The zero-order valence-corrected chi connectivity index (χ0v) is 11.9. The molecular formula is C14H11IS. The first-order valence-corrected chi connectivity index (χ1v) is 8.62. The van der Waals surface area contributed by atoms with Gasteiger partial charge in [0.15, 0.2) is 0 Å². The average Bonchev–Trinajstić information content (AvgIpc) is 2.62. The monoisotopic (exact) mass is 338 g/mol. The van der Waals surface area contributed by atoms with E-state index in [9.17, 15) is 0 Å². The summed E-state index contributed by atoms with van der Waals surface area (Å²) in [6.07, 6.45) is 0. The second kappa shape index (κ2) is 3.77. The van der Waals surface area contributed by atoms with Crippen LogP contribution in [-0.4, -0.2) is 0 Å². The molecule has 0 aromatic heterocycles. The molecule has 1 aliphatic rings. The zero-order chi connectivity index (χ0) is 11.2. The van der Waals surface area contributed by atoms with Crippen LogP contribution in [0.2, 0.25) is 0 Å². The van der Waals surface area contributed by atoms with E-state index in [0.717, 1.165) is 0 Å². The lowest BCUT2D eigenvalue weighted by Crippen LogP contribution is -2.13. The van der Waals surface area contributed by atoms with Gasteiger partial charge in [-0.25, -0.2) is 0 Å². The Bertz CT molecular complexity index is 502. The molecule has 0 aliphatic heterocycles. The van der Waals surface area contributed by atoms with E-state index >= 15 is 0 Å². The van der Waals surface area contributed by atoms with E-state index in [4.69, 9.17) is 0 Å². The van der Waals surface area contributed by atoms with Gasteiger partial charge in [0.25, 0.3) is 0 Å². The number of benzene rings is 2. The van der Waals surface area contributed by atoms with Crippen LogP contribution in [0.4, 0.5) is 0 Å². The predicted molar refractivity (Wildman–Crippen MR) is 79.9 cm³/mol. The molecule has 0 saturated heterocycles. The number of hydrogen-bond donors (Lipinski definition) is 0. The van der Waals surface area contributed by atoms with Crippen molar-refractivity contribution in [1.82, 2.24) is 0 Å². The molecule has 0 nitrogen and oxygen atoms in total. The van der Waals surface area contributed by atoms with Crippen molar-refractivity contribution in [3.05, 3.63) is 59.7 Å². The van der Waals surface area contributed by atoms with Crippen LogP contribution in [0, 0.1) is 0 Å². The van der Waals surface area contributed by atoms with Crippen molar-refractivity contribution in [3.8, 4) is 11.1 Å². The van der Waals surface area contributed by atoms with Crippen LogP contribution in [0.3, 0.4) is 0 Å². The minimum atomic E-state index is 0.105. The summed E-state index contributed by atoms with van der Waals surface area (Å²) in [6.45, 7) is 2.31. The van der Waals surface area contributed by atoms with Gasteiger partial charge in [-0.3, -0.25) is 0 Å². The molecule has 0 amide bonds. The van der Waals surface area contributed by atoms with Gasteiger partial charge in [-0.15, -0.1) is 0 Å². The molecule has 2 aromatic rings. The van der Waals surface area contributed by atoms with Crippen molar-refractivity contribution in [2.75, 3.05) is 0 Å². The molecule has 0 heterocycles. The first kappa shape index (κ1) is 10.7. The number of hydrogen-bond acceptors (Lipinski definition) is 1. The Morgan fingerprint density at radius 2 is 1.31 bits per heavy atom. The lowest BCUT2D eigenvalue weighted by Gasteiger charge is -2.23. The molecule has 2 heteroatoms. The van der Waals surface area contributed by atoms with Crippen LogP contribution in [0.25, 0.3) is 11.1 Å². The molecule has 1 aliphatic carbocycles. The second-order valence-electron chi connectivity index (χ2n) is 4.20. The topological polar surface area (TPSA) is 0 Å². The highest BCUT2D eigenvalue weighted by Crippen LogP contribution is 2.56. The van der Waals surface area contributed by atoms with Crippen molar-refractivity contribution < 1.29 is 0 Å². The normalized spacial score (nSPS) is 15.6. The molecule has 0 spiro atoms. The van der Waals surface area contributed by atoms with E-state index in [1.165, 1.54) is 22.3 Å². The highest BCUT2D eigenvalue weighted by Gasteiger charge is 2.38. The summed E-state index contributed by atoms with van der Waals surface area (Å²) < 4.78 is 0.105. The van der Waals surface area contributed by atoms with Crippen molar-refractivity contribution >= 4 is 30.1 Å². The number of rotatable bonds is 1. The average molecular weight is 338 g/mol. The number of halogens is 1. The molecule has 3 rings (SSSR count). The van der Waals surface area contributed by atoms with Crippen molar-refractivity contribution in [1.29, 1.82) is 0 Å².